The van der Waals surface area contributed by atoms with Crippen LogP contribution in [0.5, 0.6) is 0 Å². The van der Waals surface area contributed by atoms with E-state index in [1.54, 1.807) is 6.92 Å². The van der Waals surface area contributed by atoms with Gasteiger partial charge in [-0.3, -0.25) is 4.79 Å². The zero-order valence-corrected chi connectivity index (χ0v) is 23.7. The number of hydrogen-bond donors (Lipinski definition) is 8. The van der Waals surface area contributed by atoms with Crippen LogP contribution in [0.3, 0.4) is 0 Å². The van der Waals surface area contributed by atoms with Gasteiger partial charge in [-0.25, -0.2) is 0 Å². The highest BCUT2D eigenvalue weighted by molar-refractivity contribution is 5.76. The van der Waals surface area contributed by atoms with Crippen LogP contribution in [0.1, 0.15) is 65.7 Å². The van der Waals surface area contributed by atoms with Gasteiger partial charge in [0.25, 0.3) is 0 Å². The number of hydrogen-bond acceptors (Lipinski definition) is 11. The van der Waals surface area contributed by atoms with E-state index in [-0.39, 0.29) is 30.7 Å². The first-order chi connectivity index (χ1) is 18.3. The number of carbonyl (C=O) groups excluding carboxylic acids is 1. The van der Waals surface area contributed by atoms with E-state index in [9.17, 15) is 20.1 Å². The summed E-state index contributed by atoms with van der Waals surface area (Å²) in [7, 11) is 0. The molecule has 0 aromatic carbocycles. The van der Waals surface area contributed by atoms with Gasteiger partial charge < -0.3 is 57.4 Å². The number of nitrogens with one attached hydrogen (secondary N) is 2. The van der Waals surface area contributed by atoms with Gasteiger partial charge in [-0.2, -0.15) is 0 Å². The Morgan fingerprint density at radius 2 is 1.97 bits per heavy atom. The predicted molar refractivity (Wildman–Crippen MR) is 146 cm³/mol. The largest absolute Gasteiger partial charge is 0.468 e. The van der Waals surface area contributed by atoms with Crippen LogP contribution in [0.4, 0.5) is 0 Å². The minimum atomic E-state index is -1.19. The zero-order chi connectivity index (χ0) is 28.8. The smallest absolute Gasteiger partial charge is 0.221 e. The Morgan fingerprint density at radius 3 is 2.64 bits per heavy atom. The lowest BCUT2D eigenvalue weighted by Gasteiger charge is -2.47. The maximum absolute atomic E-state index is 12.4. The van der Waals surface area contributed by atoms with E-state index in [1.165, 1.54) is 0 Å². The van der Waals surface area contributed by atoms with Crippen LogP contribution >= 0.6 is 0 Å². The van der Waals surface area contributed by atoms with E-state index < -0.39 is 54.5 Å². The highest BCUT2D eigenvalue weighted by Crippen LogP contribution is 2.34. The molecule has 0 saturated heterocycles. The quantitative estimate of drug-likeness (QED) is 0.145. The fourth-order valence-corrected chi connectivity index (χ4v) is 5.48. The van der Waals surface area contributed by atoms with E-state index in [0.29, 0.717) is 38.8 Å². The Hall–Kier alpha value is -1.35. The number of aliphatic hydroxyl groups excluding tert-OH is 2. The minimum Gasteiger partial charge on any atom is -0.468 e. The molecule has 0 spiro atoms. The van der Waals surface area contributed by atoms with Crippen LogP contribution in [-0.4, -0.2) is 102 Å². The van der Waals surface area contributed by atoms with Gasteiger partial charge in [0.15, 0.2) is 6.29 Å². The van der Waals surface area contributed by atoms with Gasteiger partial charge in [-0.1, -0.05) is 13.8 Å². The lowest BCUT2D eigenvalue weighted by atomic mass is 9.81. The highest BCUT2D eigenvalue weighted by Gasteiger charge is 2.48. The first kappa shape index (κ1) is 32.2. The Morgan fingerprint density at radius 1 is 1.23 bits per heavy atom. The number of amides is 1. The van der Waals surface area contributed by atoms with Crippen molar-refractivity contribution in [3.8, 4) is 0 Å². The van der Waals surface area contributed by atoms with Gasteiger partial charge in [-0.05, 0) is 50.6 Å². The summed E-state index contributed by atoms with van der Waals surface area (Å²) in [6.45, 7) is 7.89. The zero-order valence-electron chi connectivity index (χ0n) is 23.7. The Bertz CT molecular complexity index is 826. The van der Waals surface area contributed by atoms with E-state index >= 15 is 0 Å². The van der Waals surface area contributed by atoms with Crippen molar-refractivity contribution >= 4 is 5.91 Å². The first-order valence-corrected chi connectivity index (χ1v) is 14.2. The summed E-state index contributed by atoms with van der Waals surface area (Å²) in [5.41, 5.74) is 16.8. The molecule has 12 heteroatoms. The number of rotatable bonds is 12. The topological polar surface area (TPSA) is 208 Å². The third-order valence-electron chi connectivity index (χ3n) is 7.93. The lowest BCUT2D eigenvalue weighted by molar-refractivity contribution is -0.235. The third-order valence-corrected chi connectivity index (χ3v) is 7.93. The minimum absolute atomic E-state index is 0.0308. The first-order valence-electron chi connectivity index (χ1n) is 14.2. The van der Waals surface area contributed by atoms with Gasteiger partial charge in [0.2, 0.25) is 5.91 Å². The molecule has 3 aliphatic rings. The molecule has 2 aliphatic carbocycles. The van der Waals surface area contributed by atoms with E-state index in [2.05, 4.69) is 24.5 Å². The summed E-state index contributed by atoms with van der Waals surface area (Å²) in [5, 5.41) is 38.7. The molecular formula is C27H51N5O7. The van der Waals surface area contributed by atoms with E-state index in [4.69, 9.17) is 31.4 Å². The predicted octanol–water partition coefficient (Wildman–Crippen LogP) is -1.06. The Balaban J connectivity index is 1.66. The van der Waals surface area contributed by atoms with Crippen molar-refractivity contribution in [2.45, 2.75) is 120 Å². The van der Waals surface area contributed by atoms with Crippen LogP contribution in [0.2, 0.25) is 0 Å². The molecule has 226 valence electrons. The molecule has 0 unspecified atom stereocenters. The number of carbonyl (C=O) groups is 1. The summed E-state index contributed by atoms with van der Waals surface area (Å²) in [6.07, 6.45) is -0.174. The maximum Gasteiger partial charge on any atom is 0.221 e. The second kappa shape index (κ2) is 14.0. The molecule has 9 atom stereocenters. The molecule has 2 fully saturated rings. The summed E-state index contributed by atoms with van der Waals surface area (Å²) >= 11 is 0. The van der Waals surface area contributed by atoms with Gasteiger partial charge in [0.1, 0.15) is 24.1 Å². The molecule has 1 amide bonds. The van der Waals surface area contributed by atoms with E-state index in [0.717, 1.165) is 18.7 Å². The molecule has 12 nitrogen and oxygen atoms in total. The normalized spacial score (nSPS) is 37.6. The van der Waals surface area contributed by atoms with Crippen LogP contribution in [0, 0.1) is 5.41 Å². The molecule has 11 N–H and O–H groups in total. The van der Waals surface area contributed by atoms with Crippen molar-refractivity contribution in [1.29, 1.82) is 0 Å². The van der Waals surface area contributed by atoms with Crippen molar-refractivity contribution in [2.24, 2.45) is 22.6 Å². The van der Waals surface area contributed by atoms with Gasteiger partial charge in [-0.15, -0.1) is 0 Å². The summed E-state index contributed by atoms with van der Waals surface area (Å²) in [5.74, 6) is 0.493. The van der Waals surface area contributed by atoms with Crippen LogP contribution < -0.4 is 27.8 Å². The molecule has 1 aliphatic heterocycles. The van der Waals surface area contributed by atoms with Crippen LogP contribution in [-0.2, 0) is 19.0 Å². The van der Waals surface area contributed by atoms with Gasteiger partial charge >= 0.3 is 0 Å². The van der Waals surface area contributed by atoms with Crippen LogP contribution in [0.25, 0.3) is 0 Å². The fraction of sp³-hybridized carbons (Fsp3) is 0.889. The molecule has 3 rings (SSSR count). The van der Waals surface area contributed by atoms with Gasteiger partial charge in [0, 0.05) is 38.4 Å². The monoisotopic (exact) mass is 557 g/mol. The molecule has 1 heterocycles. The molecule has 0 aromatic heterocycles. The fourth-order valence-electron chi connectivity index (χ4n) is 5.48. The SMILES string of the molecule is CC(C)(CN)CNCC1=CCC[C@@H](O[C@H]2[C@H](O)[C@@H](O[C@H]3CC[C@](C)(O)C[C@H]3O)[C@H](NC(=O)CCN)C[C@@H]2N)O1. The average molecular weight is 558 g/mol. The number of ether oxygens (including phenoxy) is 3. The molecule has 2 saturated carbocycles. The summed E-state index contributed by atoms with van der Waals surface area (Å²) in [6, 6.07) is -1.19. The molecule has 39 heavy (non-hydrogen) atoms. The van der Waals surface area contributed by atoms with Crippen molar-refractivity contribution in [3.63, 3.8) is 0 Å². The number of aliphatic hydroxyl groups is 3. The van der Waals surface area contributed by atoms with Crippen molar-refractivity contribution < 1.29 is 34.3 Å². The molecule has 0 bridgehead atoms. The molecule has 0 radical (unpaired) electrons. The van der Waals surface area contributed by atoms with Crippen LogP contribution in [0.15, 0.2) is 11.8 Å². The molecular weight excluding hydrogens is 506 g/mol. The van der Waals surface area contributed by atoms with Gasteiger partial charge in [0.05, 0.1) is 30.4 Å². The Kier molecular flexibility index (Phi) is 11.6. The second-order valence-electron chi connectivity index (χ2n) is 12.4. The summed E-state index contributed by atoms with van der Waals surface area (Å²) in [4.78, 5) is 12.4. The van der Waals surface area contributed by atoms with E-state index in [1.807, 2.05) is 6.08 Å². The number of nitrogens with two attached hydrogens (primary N) is 3. The maximum atomic E-state index is 12.4. The Labute approximate surface area is 232 Å². The van der Waals surface area contributed by atoms with Crippen molar-refractivity contribution in [2.75, 3.05) is 26.2 Å². The average Bonchev–Trinajstić information content (AvgIpc) is 2.85. The van der Waals surface area contributed by atoms with Crippen molar-refractivity contribution in [3.05, 3.63) is 11.8 Å². The standard InChI is InChI=1S/C27H51N5O7/c1-26(2,14-29)15-31-13-16-5-4-6-22(37-16)39-24-17(30)11-18(32-21(34)8-10-28)25(23(24)35)38-20-7-9-27(3,36)12-19(20)33/h5,17-20,22-25,31,33,35-36H,4,6-15,28-30H2,1-3H3,(H,32,34)/t17-,18+,19+,20-,22+,23-,24+,25-,27-/m0/s1. The molecule has 0 aromatic rings. The summed E-state index contributed by atoms with van der Waals surface area (Å²) < 4.78 is 18.6. The highest BCUT2D eigenvalue weighted by atomic mass is 16.7. The van der Waals surface area contributed by atoms with Crippen molar-refractivity contribution in [1.82, 2.24) is 10.6 Å². The second-order valence-corrected chi connectivity index (χ2v) is 12.4. The lowest BCUT2D eigenvalue weighted by Crippen LogP contribution is -2.66. The third kappa shape index (κ3) is 9.34. The number of allylic oxidation sites excluding steroid dienone is 1.